The van der Waals surface area contributed by atoms with Crippen molar-refractivity contribution in [2.24, 2.45) is 5.92 Å². The monoisotopic (exact) mass is 404 g/mol. The first kappa shape index (κ1) is 18.2. The summed E-state index contributed by atoms with van der Waals surface area (Å²) in [5.41, 5.74) is 0.856. The SMILES string of the molecule is Cc1cc(C(F)(F)F)cc(O)c1-c1ccc2oc(NCC34CC(CN3)C4)nc2n1. The number of phenols is 1. The normalized spacial score (nSPS) is 23.4. The number of nitrogens with one attached hydrogen (secondary N) is 2. The Hall–Kier alpha value is -2.81. The Balaban J connectivity index is 1.43. The van der Waals surface area contributed by atoms with E-state index in [4.69, 9.17) is 4.42 Å². The van der Waals surface area contributed by atoms with Crippen molar-refractivity contribution in [3.05, 3.63) is 35.4 Å². The molecule has 4 heterocycles. The first-order valence-electron chi connectivity index (χ1n) is 9.40. The molecule has 2 bridgehead atoms. The van der Waals surface area contributed by atoms with E-state index in [1.54, 1.807) is 12.1 Å². The molecule has 1 aromatic carbocycles. The smallest absolute Gasteiger partial charge is 0.416 e. The standard InChI is InChI=1S/C20H19F3N4O2/c1-10-4-12(20(21,22)23)5-14(28)16(10)13-2-3-15-17(26-13)27-18(29-15)24-9-19-6-11(7-19)8-25-19/h2-5,11,25,28H,6-9H2,1H3,(H,24,26,27). The molecule has 0 spiro atoms. The van der Waals surface area contributed by atoms with Crippen LogP contribution in [0, 0.1) is 12.8 Å². The Bertz CT molecular complexity index is 1070. The number of halogens is 3. The number of alkyl halides is 3. The average Bonchev–Trinajstić information content (AvgIpc) is 3.31. The van der Waals surface area contributed by atoms with E-state index in [1.807, 2.05) is 0 Å². The van der Waals surface area contributed by atoms with Crippen molar-refractivity contribution in [1.82, 2.24) is 15.3 Å². The van der Waals surface area contributed by atoms with Crippen LogP contribution in [0.1, 0.15) is 24.0 Å². The fraction of sp³-hybridized carbons (Fsp3) is 0.400. The molecule has 0 atom stereocenters. The molecular weight excluding hydrogens is 385 g/mol. The molecule has 2 saturated heterocycles. The lowest BCUT2D eigenvalue weighted by molar-refractivity contribution is -0.137. The lowest BCUT2D eigenvalue weighted by atomic mass is 9.74. The number of oxazole rings is 1. The summed E-state index contributed by atoms with van der Waals surface area (Å²) in [7, 11) is 0. The van der Waals surface area contributed by atoms with Crippen molar-refractivity contribution in [3.63, 3.8) is 0 Å². The van der Waals surface area contributed by atoms with Gasteiger partial charge in [0.1, 0.15) is 5.75 Å². The lowest BCUT2D eigenvalue weighted by Gasteiger charge is -2.37. The number of hydrogen-bond donors (Lipinski definition) is 3. The largest absolute Gasteiger partial charge is 0.507 e. The number of hydrogen-bond acceptors (Lipinski definition) is 6. The summed E-state index contributed by atoms with van der Waals surface area (Å²) in [6.45, 7) is 3.27. The van der Waals surface area contributed by atoms with E-state index in [9.17, 15) is 18.3 Å². The molecule has 9 heteroatoms. The van der Waals surface area contributed by atoms with E-state index in [2.05, 4.69) is 20.6 Å². The number of aromatic hydroxyl groups is 1. The maximum absolute atomic E-state index is 12.9. The van der Waals surface area contributed by atoms with E-state index in [1.165, 1.54) is 6.92 Å². The van der Waals surface area contributed by atoms with Crippen LogP contribution < -0.4 is 10.6 Å². The molecule has 29 heavy (non-hydrogen) atoms. The second-order valence-electron chi connectivity index (χ2n) is 8.01. The quantitative estimate of drug-likeness (QED) is 0.608. The highest BCUT2D eigenvalue weighted by Crippen LogP contribution is 2.43. The molecule has 2 aliphatic heterocycles. The summed E-state index contributed by atoms with van der Waals surface area (Å²) in [6.07, 6.45) is -2.23. The Morgan fingerprint density at radius 2 is 2.07 bits per heavy atom. The van der Waals surface area contributed by atoms with Gasteiger partial charge in [0.05, 0.1) is 11.3 Å². The third-order valence-corrected chi connectivity index (χ3v) is 5.85. The van der Waals surface area contributed by atoms with E-state index in [-0.39, 0.29) is 16.7 Å². The van der Waals surface area contributed by atoms with Gasteiger partial charge in [-0.2, -0.15) is 18.2 Å². The van der Waals surface area contributed by atoms with Crippen LogP contribution in [-0.2, 0) is 6.18 Å². The fourth-order valence-electron chi connectivity index (χ4n) is 4.45. The van der Waals surface area contributed by atoms with E-state index < -0.39 is 17.5 Å². The van der Waals surface area contributed by atoms with Gasteiger partial charge >= 0.3 is 6.18 Å². The molecule has 3 aromatic rings. The average molecular weight is 404 g/mol. The highest BCUT2D eigenvalue weighted by atomic mass is 19.4. The zero-order valence-electron chi connectivity index (χ0n) is 15.6. The highest BCUT2D eigenvalue weighted by Gasteiger charge is 2.49. The summed E-state index contributed by atoms with van der Waals surface area (Å²) in [4.78, 5) is 8.73. The van der Waals surface area contributed by atoms with Gasteiger partial charge in [0.15, 0.2) is 5.58 Å². The molecule has 3 fully saturated rings. The van der Waals surface area contributed by atoms with Gasteiger partial charge in [-0.25, -0.2) is 4.98 Å². The van der Waals surface area contributed by atoms with Gasteiger partial charge < -0.3 is 20.2 Å². The summed E-state index contributed by atoms with van der Waals surface area (Å²) in [5.74, 6) is 0.293. The van der Waals surface area contributed by atoms with Crippen LogP contribution >= 0.6 is 0 Å². The number of rotatable bonds is 4. The molecule has 1 saturated carbocycles. The maximum Gasteiger partial charge on any atom is 0.416 e. The minimum absolute atomic E-state index is 0.118. The van der Waals surface area contributed by atoms with Crippen molar-refractivity contribution < 1.29 is 22.7 Å². The van der Waals surface area contributed by atoms with E-state index in [0.29, 0.717) is 35.5 Å². The van der Waals surface area contributed by atoms with Crippen LogP contribution in [0.4, 0.5) is 19.2 Å². The van der Waals surface area contributed by atoms with Gasteiger partial charge in [0, 0.05) is 17.6 Å². The highest BCUT2D eigenvalue weighted by molar-refractivity contribution is 5.78. The van der Waals surface area contributed by atoms with Crippen molar-refractivity contribution in [1.29, 1.82) is 0 Å². The molecule has 0 radical (unpaired) electrons. The van der Waals surface area contributed by atoms with Crippen LogP contribution in [0.15, 0.2) is 28.7 Å². The predicted molar refractivity (Wildman–Crippen MR) is 101 cm³/mol. The number of nitrogens with zero attached hydrogens (tertiary/aromatic N) is 2. The summed E-state index contributed by atoms with van der Waals surface area (Å²) in [6, 6.07) is 5.31. The number of aryl methyl sites for hydroxylation is 1. The van der Waals surface area contributed by atoms with Crippen LogP contribution in [0.3, 0.4) is 0 Å². The van der Waals surface area contributed by atoms with Crippen LogP contribution in [0.5, 0.6) is 5.75 Å². The van der Waals surface area contributed by atoms with Crippen LogP contribution in [-0.4, -0.2) is 33.7 Å². The first-order valence-corrected chi connectivity index (χ1v) is 9.40. The Morgan fingerprint density at radius 3 is 2.72 bits per heavy atom. The zero-order valence-corrected chi connectivity index (χ0v) is 15.6. The predicted octanol–water partition coefficient (Wildman–Crippen LogP) is 4.09. The number of benzene rings is 1. The summed E-state index contributed by atoms with van der Waals surface area (Å²) in [5, 5.41) is 16.9. The zero-order chi connectivity index (χ0) is 20.4. The molecule has 0 unspecified atom stereocenters. The van der Waals surface area contributed by atoms with Gasteiger partial charge in [-0.3, -0.25) is 0 Å². The van der Waals surface area contributed by atoms with Crippen molar-refractivity contribution in [3.8, 4) is 17.0 Å². The number of phenolic OH excluding ortho intramolecular Hbond substituents is 1. The third-order valence-electron chi connectivity index (χ3n) is 5.85. The van der Waals surface area contributed by atoms with Gasteiger partial charge in [-0.05, 0) is 62.1 Å². The van der Waals surface area contributed by atoms with Crippen molar-refractivity contribution in [2.45, 2.75) is 31.5 Å². The van der Waals surface area contributed by atoms with Gasteiger partial charge in [-0.1, -0.05) is 0 Å². The number of fused-ring (bicyclic) bond motifs is 2. The summed E-state index contributed by atoms with van der Waals surface area (Å²) < 4.78 is 44.5. The van der Waals surface area contributed by atoms with Crippen molar-refractivity contribution in [2.75, 3.05) is 18.4 Å². The third kappa shape index (κ3) is 3.09. The lowest BCUT2D eigenvalue weighted by Crippen LogP contribution is -2.49. The second-order valence-corrected chi connectivity index (χ2v) is 8.01. The van der Waals surface area contributed by atoms with Gasteiger partial charge in [0.25, 0.3) is 6.01 Å². The Morgan fingerprint density at radius 1 is 1.28 bits per heavy atom. The minimum Gasteiger partial charge on any atom is -0.507 e. The molecular formula is C20H19F3N4O2. The molecule has 3 N–H and O–H groups in total. The van der Waals surface area contributed by atoms with Crippen LogP contribution in [0.25, 0.3) is 22.5 Å². The molecule has 6 rings (SSSR count). The fourth-order valence-corrected chi connectivity index (χ4v) is 4.45. The molecule has 1 aliphatic carbocycles. The maximum atomic E-state index is 12.9. The van der Waals surface area contributed by atoms with E-state index in [0.717, 1.165) is 31.4 Å². The van der Waals surface area contributed by atoms with Gasteiger partial charge in [0.2, 0.25) is 5.65 Å². The van der Waals surface area contributed by atoms with Crippen molar-refractivity contribution >= 4 is 17.2 Å². The summed E-state index contributed by atoms with van der Waals surface area (Å²) >= 11 is 0. The van der Waals surface area contributed by atoms with E-state index >= 15 is 0 Å². The number of anilines is 1. The number of aromatic nitrogens is 2. The first-order chi connectivity index (χ1) is 13.7. The second kappa shape index (κ2) is 6.09. The molecule has 2 aromatic heterocycles. The molecule has 152 valence electrons. The Kier molecular flexibility index (Phi) is 3.83. The topological polar surface area (TPSA) is 83.2 Å². The molecule has 3 aliphatic rings. The molecule has 0 amide bonds. The molecule has 6 nitrogen and oxygen atoms in total. The Labute approximate surface area is 164 Å². The van der Waals surface area contributed by atoms with Gasteiger partial charge in [-0.15, -0.1) is 0 Å². The van der Waals surface area contributed by atoms with Crippen LogP contribution in [0.2, 0.25) is 0 Å². The number of pyridine rings is 1. The minimum atomic E-state index is -4.53.